The van der Waals surface area contributed by atoms with Crippen molar-refractivity contribution in [2.75, 3.05) is 0 Å². The molecule has 0 saturated carbocycles. The molecule has 0 unspecified atom stereocenters. The number of hydrogen-bond donors (Lipinski definition) is 0. The van der Waals surface area contributed by atoms with Gasteiger partial charge in [0, 0.05) is 11.1 Å². The van der Waals surface area contributed by atoms with Gasteiger partial charge in [-0.1, -0.05) is 86.6 Å². The molecular weight excluding hydrogens is 376 g/mol. The first-order chi connectivity index (χ1) is 15.1. The highest BCUT2D eigenvalue weighted by Crippen LogP contribution is 2.40. The Hall–Kier alpha value is -3.32. The molecule has 4 aromatic rings. The maximum Gasteiger partial charge on any atom is 0.131 e. The summed E-state index contributed by atoms with van der Waals surface area (Å²) in [5.74, 6) is 1.90. The molecule has 0 amide bonds. The Balaban J connectivity index is 1.84. The van der Waals surface area contributed by atoms with Gasteiger partial charge in [0.15, 0.2) is 0 Å². The molecule has 0 saturated heterocycles. The maximum absolute atomic E-state index is 6.66. The Morgan fingerprint density at radius 2 is 0.903 bits per heavy atom. The highest BCUT2D eigenvalue weighted by molar-refractivity contribution is 5.76. The summed E-state index contributed by atoms with van der Waals surface area (Å²) in [5, 5.41) is 0. The van der Waals surface area contributed by atoms with E-state index < -0.39 is 0 Å². The first kappa shape index (κ1) is 20.9. The number of aryl methyl sites for hydroxylation is 2. The molecule has 0 aromatic heterocycles. The minimum absolute atomic E-state index is 0.917. The van der Waals surface area contributed by atoms with E-state index in [1.54, 1.807) is 0 Å². The van der Waals surface area contributed by atoms with E-state index in [2.05, 4.69) is 113 Å². The first-order valence-corrected chi connectivity index (χ1v) is 11.2. The van der Waals surface area contributed by atoms with E-state index in [-0.39, 0.29) is 0 Å². The fraction of sp³-hybridized carbons (Fsp3) is 0.200. The second kappa shape index (κ2) is 9.22. The normalized spacial score (nSPS) is 10.8. The fourth-order valence-corrected chi connectivity index (χ4v) is 4.52. The molecule has 4 rings (SSSR count). The second-order valence-electron chi connectivity index (χ2n) is 8.01. The van der Waals surface area contributed by atoms with Gasteiger partial charge in [0.1, 0.15) is 11.5 Å². The molecule has 0 aliphatic heterocycles. The number of ether oxygens (including phenoxy) is 1. The molecule has 31 heavy (non-hydrogen) atoms. The lowest BCUT2D eigenvalue weighted by Gasteiger charge is -2.21. The van der Waals surface area contributed by atoms with Crippen LogP contribution in [0, 0.1) is 13.8 Å². The van der Waals surface area contributed by atoms with Crippen LogP contribution in [0.25, 0.3) is 22.3 Å². The summed E-state index contributed by atoms with van der Waals surface area (Å²) in [6, 6.07) is 29.9. The summed E-state index contributed by atoms with van der Waals surface area (Å²) in [4.78, 5) is 0. The Labute approximate surface area is 186 Å². The van der Waals surface area contributed by atoms with Crippen LogP contribution in [-0.4, -0.2) is 0 Å². The van der Waals surface area contributed by atoms with E-state index in [1.165, 1.54) is 44.5 Å². The minimum Gasteiger partial charge on any atom is -0.457 e. The molecule has 156 valence electrons. The van der Waals surface area contributed by atoms with Crippen LogP contribution in [0.3, 0.4) is 0 Å². The molecule has 1 heteroatoms. The van der Waals surface area contributed by atoms with E-state index in [9.17, 15) is 0 Å². The van der Waals surface area contributed by atoms with Gasteiger partial charge >= 0.3 is 0 Å². The van der Waals surface area contributed by atoms with Crippen LogP contribution in [0.2, 0.25) is 0 Å². The molecule has 0 fully saturated rings. The largest absolute Gasteiger partial charge is 0.457 e. The zero-order valence-corrected chi connectivity index (χ0v) is 18.9. The maximum atomic E-state index is 6.66. The van der Waals surface area contributed by atoms with Crippen molar-refractivity contribution < 1.29 is 4.74 Å². The molecule has 0 spiro atoms. The molecule has 0 heterocycles. The topological polar surface area (TPSA) is 9.23 Å². The Kier molecular flexibility index (Phi) is 6.23. The molecule has 0 aliphatic rings. The Morgan fingerprint density at radius 1 is 0.516 bits per heavy atom. The summed E-state index contributed by atoms with van der Waals surface area (Å²) in [5.41, 5.74) is 10.1. The van der Waals surface area contributed by atoms with E-state index in [4.69, 9.17) is 4.74 Å². The van der Waals surface area contributed by atoms with Crippen molar-refractivity contribution in [2.24, 2.45) is 0 Å². The smallest absolute Gasteiger partial charge is 0.131 e. The van der Waals surface area contributed by atoms with Crippen LogP contribution in [0.1, 0.15) is 36.1 Å². The van der Waals surface area contributed by atoms with Gasteiger partial charge in [-0.05, 0) is 72.2 Å². The van der Waals surface area contributed by atoms with Crippen LogP contribution < -0.4 is 4.74 Å². The van der Waals surface area contributed by atoms with Crippen LogP contribution in [0.15, 0.2) is 84.9 Å². The van der Waals surface area contributed by atoms with Crippen molar-refractivity contribution in [3.63, 3.8) is 0 Å². The fourth-order valence-electron chi connectivity index (χ4n) is 4.52. The average molecular weight is 407 g/mol. The lowest BCUT2D eigenvalue weighted by molar-refractivity contribution is 0.471. The molecule has 4 aromatic carbocycles. The molecule has 0 bridgehead atoms. The number of benzene rings is 4. The molecule has 1 nitrogen and oxygen atoms in total. The molecule has 0 radical (unpaired) electrons. The first-order valence-electron chi connectivity index (χ1n) is 11.2. The van der Waals surface area contributed by atoms with Crippen molar-refractivity contribution in [2.45, 2.75) is 40.5 Å². The van der Waals surface area contributed by atoms with E-state index in [0.29, 0.717) is 0 Å². The standard InChI is InChI=1S/C30H30O/c1-5-25-27(19-17-21(3)29(25)23-13-9-7-10-14-23)31-28-20-18-22(4)30(26(28)6-2)24-15-11-8-12-16-24/h7-20H,5-6H2,1-4H3. The van der Waals surface area contributed by atoms with Crippen molar-refractivity contribution in [1.29, 1.82) is 0 Å². The summed E-state index contributed by atoms with van der Waals surface area (Å²) in [6.45, 7) is 8.78. The van der Waals surface area contributed by atoms with Gasteiger partial charge in [-0.15, -0.1) is 0 Å². The van der Waals surface area contributed by atoms with Crippen molar-refractivity contribution in [3.05, 3.63) is 107 Å². The van der Waals surface area contributed by atoms with E-state index in [1.807, 2.05) is 0 Å². The van der Waals surface area contributed by atoms with Crippen LogP contribution in [-0.2, 0) is 12.8 Å². The van der Waals surface area contributed by atoms with Gasteiger partial charge < -0.3 is 4.74 Å². The summed E-state index contributed by atoms with van der Waals surface area (Å²) >= 11 is 0. The number of rotatable bonds is 6. The van der Waals surface area contributed by atoms with Gasteiger partial charge in [0.25, 0.3) is 0 Å². The third-order valence-electron chi connectivity index (χ3n) is 6.01. The van der Waals surface area contributed by atoms with Crippen molar-refractivity contribution in [3.8, 4) is 33.8 Å². The Bertz CT molecular complexity index is 1080. The average Bonchev–Trinajstić information content (AvgIpc) is 2.81. The quantitative estimate of drug-likeness (QED) is 0.312. The third kappa shape index (κ3) is 4.14. The van der Waals surface area contributed by atoms with Gasteiger partial charge in [-0.3, -0.25) is 0 Å². The lowest BCUT2D eigenvalue weighted by Crippen LogP contribution is -2.00. The van der Waals surface area contributed by atoms with Gasteiger partial charge in [-0.25, -0.2) is 0 Å². The summed E-state index contributed by atoms with van der Waals surface area (Å²) < 4.78 is 6.66. The highest BCUT2D eigenvalue weighted by atomic mass is 16.5. The predicted octanol–water partition coefficient (Wildman–Crippen LogP) is 8.55. The molecule has 0 aliphatic carbocycles. The predicted molar refractivity (Wildman–Crippen MR) is 132 cm³/mol. The van der Waals surface area contributed by atoms with Gasteiger partial charge in [0.2, 0.25) is 0 Å². The Morgan fingerprint density at radius 3 is 1.26 bits per heavy atom. The molecular formula is C30H30O. The second-order valence-corrected chi connectivity index (χ2v) is 8.01. The van der Waals surface area contributed by atoms with E-state index >= 15 is 0 Å². The third-order valence-corrected chi connectivity index (χ3v) is 6.01. The van der Waals surface area contributed by atoms with Crippen LogP contribution in [0.5, 0.6) is 11.5 Å². The van der Waals surface area contributed by atoms with Crippen molar-refractivity contribution in [1.82, 2.24) is 0 Å². The minimum atomic E-state index is 0.917. The van der Waals surface area contributed by atoms with E-state index in [0.717, 1.165) is 24.3 Å². The van der Waals surface area contributed by atoms with Gasteiger partial charge in [-0.2, -0.15) is 0 Å². The van der Waals surface area contributed by atoms with Crippen molar-refractivity contribution >= 4 is 0 Å². The summed E-state index contributed by atoms with van der Waals surface area (Å²) in [6.07, 6.45) is 1.83. The zero-order valence-electron chi connectivity index (χ0n) is 18.9. The van der Waals surface area contributed by atoms with Gasteiger partial charge in [0.05, 0.1) is 0 Å². The lowest BCUT2D eigenvalue weighted by atomic mass is 9.92. The monoisotopic (exact) mass is 406 g/mol. The summed E-state index contributed by atoms with van der Waals surface area (Å²) in [7, 11) is 0. The zero-order chi connectivity index (χ0) is 21.8. The number of hydrogen-bond acceptors (Lipinski definition) is 1. The van der Waals surface area contributed by atoms with Crippen LogP contribution in [0.4, 0.5) is 0 Å². The molecule has 0 N–H and O–H groups in total. The highest BCUT2D eigenvalue weighted by Gasteiger charge is 2.17. The molecule has 0 atom stereocenters. The SMILES string of the molecule is CCc1c(Oc2ccc(C)c(-c3ccccc3)c2CC)ccc(C)c1-c1ccccc1. The van der Waals surface area contributed by atoms with Crippen LogP contribution >= 0.6 is 0 Å².